The fourth-order valence-electron chi connectivity index (χ4n) is 2.09. The van der Waals surface area contributed by atoms with Crippen LogP contribution in [0.15, 0.2) is 42.0 Å². The normalized spacial score (nSPS) is 14.4. The van der Waals surface area contributed by atoms with E-state index in [0.717, 1.165) is 24.0 Å². The number of carbonyl (C=O) groups is 1. The topological polar surface area (TPSA) is 35.5 Å². The van der Waals surface area contributed by atoms with E-state index >= 15 is 0 Å². The van der Waals surface area contributed by atoms with Gasteiger partial charge in [-0.05, 0) is 37.8 Å². The van der Waals surface area contributed by atoms with E-state index in [1.165, 1.54) is 5.56 Å². The van der Waals surface area contributed by atoms with Crippen LogP contribution in [0.4, 0.5) is 4.79 Å². The Kier molecular flexibility index (Phi) is 4.39. The minimum absolute atomic E-state index is 0.239. The maximum atomic E-state index is 11.6. The molecule has 0 atom stereocenters. The number of ether oxygens (including phenoxy) is 2. The summed E-state index contributed by atoms with van der Waals surface area (Å²) in [4.78, 5) is 11.6. The fourth-order valence-corrected chi connectivity index (χ4v) is 2.09. The molecule has 3 heteroatoms. The summed E-state index contributed by atoms with van der Waals surface area (Å²) in [5.41, 5.74) is 3.29. The largest absolute Gasteiger partial charge is 0.514 e. The van der Waals surface area contributed by atoms with Gasteiger partial charge in [0.25, 0.3) is 0 Å². The lowest BCUT2D eigenvalue weighted by atomic mass is 9.91. The lowest BCUT2D eigenvalue weighted by molar-refractivity contribution is 0.0998. The zero-order valence-electron chi connectivity index (χ0n) is 11.3. The molecule has 0 amide bonds. The van der Waals surface area contributed by atoms with E-state index in [1.54, 1.807) is 6.08 Å². The Morgan fingerprint density at radius 2 is 2.11 bits per heavy atom. The van der Waals surface area contributed by atoms with Crippen LogP contribution < -0.4 is 0 Å². The first-order valence-corrected chi connectivity index (χ1v) is 6.46. The molecule has 0 radical (unpaired) electrons. The first-order valence-electron chi connectivity index (χ1n) is 6.46. The molecule has 0 aliphatic heterocycles. The van der Waals surface area contributed by atoms with Crippen molar-refractivity contribution >= 4 is 11.9 Å². The Morgan fingerprint density at radius 3 is 2.89 bits per heavy atom. The van der Waals surface area contributed by atoms with Crippen LogP contribution in [0.25, 0.3) is 5.76 Å². The Bertz CT molecular complexity index is 527. The van der Waals surface area contributed by atoms with Crippen LogP contribution in [0.2, 0.25) is 0 Å². The number of hydrogen-bond acceptors (Lipinski definition) is 3. The SMILES string of the molecule is C/C=C\COC(=O)OC1=C(C)CCc2ccccc21. The summed E-state index contributed by atoms with van der Waals surface area (Å²) in [5.74, 6) is 0.646. The van der Waals surface area contributed by atoms with Crippen LogP contribution in [0.5, 0.6) is 0 Å². The molecule has 3 nitrogen and oxygen atoms in total. The van der Waals surface area contributed by atoms with Crippen molar-refractivity contribution in [1.29, 1.82) is 0 Å². The summed E-state index contributed by atoms with van der Waals surface area (Å²) in [6.07, 6.45) is 4.84. The molecule has 1 aromatic carbocycles. The summed E-state index contributed by atoms with van der Waals surface area (Å²) in [5, 5.41) is 0. The van der Waals surface area contributed by atoms with Crippen molar-refractivity contribution in [2.45, 2.75) is 26.7 Å². The van der Waals surface area contributed by atoms with E-state index in [0.29, 0.717) is 5.76 Å². The Balaban J connectivity index is 2.12. The Morgan fingerprint density at radius 1 is 1.32 bits per heavy atom. The monoisotopic (exact) mass is 258 g/mol. The predicted molar refractivity (Wildman–Crippen MR) is 74.6 cm³/mol. The van der Waals surface area contributed by atoms with Gasteiger partial charge in [0.1, 0.15) is 12.4 Å². The highest BCUT2D eigenvalue weighted by Crippen LogP contribution is 2.31. The van der Waals surface area contributed by atoms with Gasteiger partial charge in [0, 0.05) is 5.56 Å². The van der Waals surface area contributed by atoms with Gasteiger partial charge in [-0.15, -0.1) is 0 Å². The Labute approximate surface area is 113 Å². The summed E-state index contributed by atoms with van der Waals surface area (Å²) >= 11 is 0. The zero-order chi connectivity index (χ0) is 13.7. The second-order valence-electron chi connectivity index (χ2n) is 4.50. The van der Waals surface area contributed by atoms with Crippen LogP contribution in [0.3, 0.4) is 0 Å². The molecule has 0 saturated heterocycles. The van der Waals surface area contributed by atoms with E-state index in [9.17, 15) is 4.79 Å². The van der Waals surface area contributed by atoms with Crippen LogP contribution in [0, 0.1) is 0 Å². The number of aryl methyl sites for hydroxylation is 1. The minimum atomic E-state index is -0.649. The van der Waals surface area contributed by atoms with Gasteiger partial charge in [-0.2, -0.15) is 0 Å². The molecule has 19 heavy (non-hydrogen) atoms. The molecule has 0 unspecified atom stereocenters. The fraction of sp³-hybridized carbons (Fsp3) is 0.312. The smallest absolute Gasteiger partial charge is 0.430 e. The minimum Gasteiger partial charge on any atom is -0.430 e. The molecule has 0 N–H and O–H groups in total. The van der Waals surface area contributed by atoms with Crippen LogP contribution in [0.1, 0.15) is 31.4 Å². The first-order chi connectivity index (χ1) is 9.22. The molecule has 1 aliphatic rings. The van der Waals surface area contributed by atoms with Gasteiger partial charge in [-0.25, -0.2) is 4.79 Å². The van der Waals surface area contributed by atoms with E-state index in [1.807, 2.05) is 38.1 Å². The molecule has 0 fully saturated rings. The number of hydrogen-bond donors (Lipinski definition) is 0. The highest BCUT2D eigenvalue weighted by Gasteiger charge is 2.20. The molecule has 100 valence electrons. The van der Waals surface area contributed by atoms with Gasteiger partial charge in [0.05, 0.1) is 0 Å². The summed E-state index contributed by atoms with van der Waals surface area (Å²) in [7, 11) is 0. The summed E-state index contributed by atoms with van der Waals surface area (Å²) in [6.45, 7) is 4.10. The number of allylic oxidation sites excluding steroid dienone is 2. The molecule has 1 aliphatic carbocycles. The highest BCUT2D eigenvalue weighted by atomic mass is 16.7. The third-order valence-corrected chi connectivity index (χ3v) is 3.14. The van der Waals surface area contributed by atoms with Crippen molar-refractivity contribution in [2.24, 2.45) is 0 Å². The number of carbonyl (C=O) groups excluding carboxylic acids is 1. The number of benzene rings is 1. The quantitative estimate of drug-likeness (QED) is 0.605. The van der Waals surface area contributed by atoms with Crippen LogP contribution in [-0.2, 0) is 15.9 Å². The van der Waals surface area contributed by atoms with E-state index < -0.39 is 6.16 Å². The first kappa shape index (κ1) is 13.4. The molecule has 0 aromatic heterocycles. The molecule has 0 heterocycles. The predicted octanol–water partition coefficient (Wildman–Crippen LogP) is 4.09. The lowest BCUT2D eigenvalue weighted by Gasteiger charge is -2.20. The van der Waals surface area contributed by atoms with Gasteiger partial charge in [0.2, 0.25) is 0 Å². The molecular formula is C16H18O3. The molecular weight excluding hydrogens is 240 g/mol. The molecule has 0 saturated carbocycles. The zero-order valence-corrected chi connectivity index (χ0v) is 11.3. The average molecular weight is 258 g/mol. The van der Waals surface area contributed by atoms with Gasteiger partial charge in [-0.1, -0.05) is 36.4 Å². The standard InChI is InChI=1S/C16H18O3/c1-3-4-11-18-16(17)19-15-12(2)9-10-13-7-5-6-8-14(13)15/h3-8H,9-11H2,1-2H3/b4-3-. The second-order valence-corrected chi connectivity index (χ2v) is 4.50. The molecule has 1 aromatic rings. The molecule has 0 spiro atoms. The van der Waals surface area contributed by atoms with Crippen molar-refractivity contribution in [3.05, 3.63) is 53.1 Å². The third-order valence-electron chi connectivity index (χ3n) is 3.14. The van der Waals surface area contributed by atoms with Crippen molar-refractivity contribution in [3.63, 3.8) is 0 Å². The number of rotatable bonds is 3. The number of fused-ring (bicyclic) bond motifs is 1. The maximum absolute atomic E-state index is 11.6. The van der Waals surface area contributed by atoms with Gasteiger partial charge in [-0.3, -0.25) is 0 Å². The van der Waals surface area contributed by atoms with E-state index in [-0.39, 0.29) is 6.61 Å². The second kappa shape index (κ2) is 6.23. The van der Waals surface area contributed by atoms with Gasteiger partial charge in [0.15, 0.2) is 0 Å². The van der Waals surface area contributed by atoms with Crippen molar-refractivity contribution in [3.8, 4) is 0 Å². The van der Waals surface area contributed by atoms with Crippen LogP contribution in [-0.4, -0.2) is 12.8 Å². The lowest BCUT2D eigenvalue weighted by Crippen LogP contribution is -2.12. The average Bonchev–Trinajstić information content (AvgIpc) is 2.42. The Hall–Kier alpha value is -2.03. The highest BCUT2D eigenvalue weighted by molar-refractivity contribution is 5.76. The van der Waals surface area contributed by atoms with Crippen LogP contribution >= 0.6 is 0 Å². The summed E-state index contributed by atoms with van der Waals surface area (Å²) in [6, 6.07) is 8.00. The molecule has 0 bridgehead atoms. The summed E-state index contributed by atoms with van der Waals surface area (Å²) < 4.78 is 10.3. The van der Waals surface area contributed by atoms with E-state index in [4.69, 9.17) is 9.47 Å². The van der Waals surface area contributed by atoms with Crippen molar-refractivity contribution in [1.82, 2.24) is 0 Å². The van der Waals surface area contributed by atoms with Gasteiger partial charge < -0.3 is 9.47 Å². The third kappa shape index (κ3) is 3.25. The molecule has 2 rings (SSSR count). The van der Waals surface area contributed by atoms with Crippen molar-refractivity contribution in [2.75, 3.05) is 6.61 Å². The van der Waals surface area contributed by atoms with Crippen molar-refractivity contribution < 1.29 is 14.3 Å². The van der Waals surface area contributed by atoms with Gasteiger partial charge >= 0.3 is 6.16 Å². The maximum Gasteiger partial charge on any atom is 0.514 e. The van der Waals surface area contributed by atoms with E-state index in [2.05, 4.69) is 6.07 Å².